The van der Waals surface area contributed by atoms with Crippen LogP contribution in [0.5, 0.6) is 5.75 Å². The largest absolute Gasteiger partial charge is 0.435 e. The van der Waals surface area contributed by atoms with E-state index in [1.165, 1.54) is 12.4 Å². The normalized spacial score (nSPS) is 11.2. The lowest BCUT2D eigenvalue weighted by molar-refractivity contribution is -0.0498. The number of aliphatic imine (C=N–C) groups is 1. The molecule has 1 aromatic heterocycles. The molecule has 0 aliphatic heterocycles. The van der Waals surface area contributed by atoms with Crippen molar-refractivity contribution in [2.24, 2.45) is 12.0 Å². The molecule has 1 aromatic carbocycles. The zero-order valence-electron chi connectivity index (χ0n) is 13.9. The number of hydrogen-bond donors (Lipinski definition) is 2. The van der Waals surface area contributed by atoms with Crippen molar-refractivity contribution in [3.63, 3.8) is 0 Å². The lowest BCUT2D eigenvalue weighted by Crippen LogP contribution is -2.37. The molecule has 2 rings (SSSR count). The van der Waals surface area contributed by atoms with Crippen LogP contribution in [-0.4, -0.2) is 33.9 Å². The van der Waals surface area contributed by atoms with Crippen LogP contribution in [0.15, 0.2) is 35.6 Å². The molecule has 1 heterocycles. The van der Waals surface area contributed by atoms with Crippen molar-refractivity contribution in [1.82, 2.24) is 25.4 Å². The summed E-state index contributed by atoms with van der Waals surface area (Å²) >= 11 is 0. The maximum absolute atomic E-state index is 12.3. The van der Waals surface area contributed by atoms with Gasteiger partial charge >= 0.3 is 6.61 Å². The highest BCUT2D eigenvalue weighted by atomic mass is 127. The molecule has 10 heteroatoms. The summed E-state index contributed by atoms with van der Waals surface area (Å²) in [5.74, 6) is 1.49. The van der Waals surface area contributed by atoms with E-state index in [9.17, 15) is 8.78 Å². The van der Waals surface area contributed by atoms with Gasteiger partial charge in [0.05, 0.1) is 13.1 Å². The third-order valence-electron chi connectivity index (χ3n) is 3.11. The topological polar surface area (TPSA) is 76.4 Å². The van der Waals surface area contributed by atoms with Crippen LogP contribution in [0.4, 0.5) is 8.78 Å². The van der Waals surface area contributed by atoms with Gasteiger partial charge in [-0.05, 0) is 24.6 Å². The van der Waals surface area contributed by atoms with E-state index in [0.717, 1.165) is 11.4 Å². The fraction of sp³-hybridized carbons (Fsp3) is 0.400. The summed E-state index contributed by atoms with van der Waals surface area (Å²) in [4.78, 5) is 8.55. The van der Waals surface area contributed by atoms with Crippen LogP contribution in [0.1, 0.15) is 18.3 Å². The summed E-state index contributed by atoms with van der Waals surface area (Å²) < 4.78 is 30.6. The number of hydrogen-bond acceptors (Lipinski definition) is 4. The number of halogens is 3. The van der Waals surface area contributed by atoms with E-state index in [4.69, 9.17) is 0 Å². The van der Waals surface area contributed by atoms with Crippen molar-refractivity contribution in [3.05, 3.63) is 42.0 Å². The molecule has 2 N–H and O–H groups in total. The van der Waals surface area contributed by atoms with E-state index >= 15 is 0 Å². The van der Waals surface area contributed by atoms with Crippen molar-refractivity contribution in [3.8, 4) is 5.75 Å². The first-order valence-corrected chi connectivity index (χ1v) is 7.47. The molecule has 0 saturated heterocycles. The van der Waals surface area contributed by atoms with Crippen molar-refractivity contribution in [2.45, 2.75) is 26.6 Å². The van der Waals surface area contributed by atoms with E-state index in [2.05, 4.69) is 30.4 Å². The number of alkyl halides is 2. The molecule has 0 radical (unpaired) electrons. The predicted molar refractivity (Wildman–Crippen MR) is 101 cm³/mol. The second-order valence-electron chi connectivity index (χ2n) is 4.87. The van der Waals surface area contributed by atoms with Gasteiger partial charge < -0.3 is 15.4 Å². The van der Waals surface area contributed by atoms with E-state index < -0.39 is 6.61 Å². The van der Waals surface area contributed by atoms with Crippen LogP contribution < -0.4 is 15.4 Å². The second kappa shape index (κ2) is 10.8. The zero-order chi connectivity index (χ0) is 17.4. The summed E-state index contributed by atoms with van der Waals surface area (Å²) in [5, 5.41) is 10.3. The van der Waals surface area contributed by atoms with E-state index in [1.54, 1.807) is 22.9 Å². The standard InChI is InChI=1S/C15H20F2N6O.HI/c1-3-18-15(20-9-13-21-10-22-23(13)2)19-8-11-5-4-6-12(7-11)24-14(16)17;/h4-7,10,14H,3,8-9H2,1-2H3,(H2,18,19,20);1H. The highest BCUT2D eigenvalue weighted by Gasteiger charge is 2.05. The van der Waals surface area contributed by atoms with Gasteiger partial charge in [0.1, 0.15) is 17.9 Å². The summed E-state index contributed by atoms with van der Waals surface area (Å²) in [6.07, 6.45) is 1.48. The fourth-order valence-electron chi connectivity index (χ4n) is 1.98. The van der Waals surface area contributed by atoms with E-state index in [1.807, 2.05) is 14.0 Å². The van der Waals surface area contributed by atoms with Crippen molar-refractivity contribution in [2.75, 3.05) is 6.54 Å². The van der Waals surface area contributed by atoms with Gasteiger partial charge in [0, 0.05) is 13.6 Å². The number of ether oxygens (including phenoxy) is 1. The average molecular weight is 466 g/mol. The molecule has 0 bridgehead atoms. The second-order valence-corrected chi connectivity index (χ2v) is 4.87. The molecule has 0 spiro atoms. The molecular formula is C15H21F2IN6O. The first-order chi connectivity index (χ1) is 11.6. The Morgan fingerprint density at radius 2 is 2.16 bits per heavy atom. The fourth-order valence-corrected chi connectivity index (χ4v) is 1.98. The van der Waals surface area contributed by atoms with Crippen molar-refractivity contribution >= 4 is 29.9 Å². The van der Waals surface area contributed by atoms with Gasteiger partial charge in [-0.25, -0.2) is 9.98 Å². The Kier molecular flexibility index (Phi) is 9.10. The number of benzene rings is 1. The molecule has 25 heavy (non-hydrogen) atoms. The molecule has 0 fully saturated rings. The molecule has 0 atom stereocenters. The maximum Gasteiger partial charge on any atom is 0.387 e. The number of nitrogens with one attached hydrogen (secondary N) is 2. The molecule has 0 amide bonds. The summed E-state index contributed by atoms with van der Waals surface area (Å²) in [7, 11) is 1.81. The first kappa shape index (κ1) is 21.1. The Bertz CT molecular complexity index is 680. The van der Waals surface area contributed by atoms with Gasteiger partial charge in [-0.2, -0.15) is 13.9 Å². The Balaban J connectivity index is 0.00000312. The molecule has 0 aliphatic rings. The molecule has 0 aliphatic carbocycles. The number of aryl methyl sites for hydroxylation is 1. The van der Waals surface area contributed by atoms with Crippen molar-refractivity contribution < 1.29 is 13.5 Å². The lowest BCUT2D eigenvalue weighted by Gasteiger charge is -2.11. The lowest BCUT2D eigenvalue weighted by atomic mass is 10.2. The quantitative estimate of drug-likeness (QED) is 0.372. The van der Waals surface area contributed by atoms with Gasteiger partial charge in [-0.1, -0.05) is 12.1 Å². The number of rotatable bonds is 7. The minimum atomic E-state index is -2.84. The Hall–Kier alpha value is -1.98. The van der Waals surface area contributed by atoms with Crippen LogP contribution in [0.25, 0.3) is 0 Å². The minimum absolute atomic E-state index is 0. The Morgan fingerprint density at radius 1 is 1.36 bits per heavy atom. The smallest absolute Gasteiger partial charge is 0.387 e. The van der Waals surface area contributed by atoms with E-state index in [0.29, 0.717) is 25.6 Å². The number of guanidine groups is 1. The zero-order valence-corrected chi connectivity index (χ0v) is 16.3. The number of aromatic nitrogens is 3. The summed E-state index contributed by atoms with van der Waals surface area (Å²) in [5.41, 5.74) is 0.768. The van der Waals surface area contributed by atoms with Crippen LogP contribution in [0, 0.1) is 0 Å². The van der Waals surface area contributed by atoms with Crippen molar-refractivity contribution in [1.29, 1.82) is 0 Å². The molecule has 7 nitrogen and oxygen atoms in total. The number of nitrogens with zero attached hydrogens (tertiary/aromatic N) is 4. The third kappa shape index (κ3) is 7.20. The molecule has 0 saturated carbocycles. The van der Waals surface area contributed by atoms with Crippen LogP contribution in [0.2, 0.25) is 0 Å². The summed E-state index contributed by atoms with van der Waals surface area (Å²) in [6.45, 7) is 0.607. The predicted octanol–water partition coefficient (Wildman–Crippen LogP) is 2.29. The molecular weight excluding hydrogens is 445 g/mol. The Labute approximate surface area is 161 Å². The van der Waals surface area contributed by atoms with Crippen LogP contribution >= 0.6 is 24.0 Å². The van der Waals surface area contributed by atoms with Gasteiger partial charge in [0.15, 0.2) is 5.96 Å². The summed E-state index contributed by atoms with van der Waals surface area (Å²) in [6, 6.07) is 6.48. The third-order valence-corrected chi connectivity index (χ3v) is 3.11. The van der Waals surface area contributed by atoms with Gasteiger partial charge in [-0.15, -0.1) is 24.0 Å². The minimum Gasteiger partial charge on any atom is -0.435 e. The van der Waals surface area contributed by atoms with Crippen LogP contribution in [-0.2, 0) is 20.1 Å². The molecule has 138 valence electrons. The van der Waals surface area contributed by atoms with Gasteiger partial charge in [-0.3, -0.25) is 4.68 Å². The molecule has 2 aromatic rings. The van der Waals surface area contributed by atoms with Gasteiger partial charge in [0.2, 0.25) is 0 Å². The average Bonchev–Trinajstić information content (AvgIpc) is 2.95. The SMILES string of the molecule is CCNC(=NCc1cccc(OC(F)F)c1)NCc1ncnn1C.I. The van der Waals surface area contributed by atoms with E-state index in [-0.39, 0.29) is 29.7 Å². The maximum atomic E-state index is 12.3. The molecule has 0 unspecified atom stereocenters. The van der Waals surface area contributed by atoms with Gasteiger partial charge in [0.25, 0.3) is 0 Å². The highest BCUT2D eigenvalue weighted by molar-refractivity contribution is 14.0. The van der Waals surface area contributed by atoms with Crippen LogP contribution in [0.3, 0.4) is 0 Å². The Morgan fingerprint density at radius 3 is 2.80 bits per heavy atom. The highest BCUT2D eigenvalue weighted by Crippen LogP contribution is 2.16. The monoisotopic (exact) mass is 466 g/mol. The first-order valence-electron chi connectivity index (χ1n) is 7.47.